The first-order chi connectivity index (χ1) is 8.96. The second kappa shape index (κ2) is 5.54. The van der Waals surface area contributed by atoms with E-state index in [9.17, 15) is 12.8 Å². The largest absolute Gasteiger partial charge is 0.329 e. The minimum Gasteiger partial charge on any atom is -0.329 e. The molecule has 3 N–H and O–H groups in total. The van der Waals surface area contributed by atoms with E-state index < -0.39 is 15.8 Å². The number of halogens is 1. The molecule has 0 radical (unpaired) electrons. The van der Waals surface area contributed by atoms with E-state index in [0.717, 1.165) is 6.07 Å². The van der Waals surface area contributed by atoms with Gasteiger partial charge in [-0.05, 0) is 24.6 Å². The highest BCUT2D eigenvalue weighted by atomic mass is 32.2. The van der Waals surface area contributed by atoms with E-state index in [2.05, 4.69) is 5.32 Å². The number of nitrogens with zero attached hydrogens (tertiary/aromatic N) is 1. The molecule has 106 valence electrons. The third kappa shape index (κ3) is 2.79. The van der Waals surface area contributed by atoms with Crippen LogP contribution in [0.2, 0.25) is 0 Å². The number of nitrogens with one attached hydrogen (secondary N) is 1. The van der Waals surface area contributed by atoms with Crippen molar-refractivity contribution >= 4 is 10.0 Å². The molecular formula is C12H18FN3O2S. The van der Waals surface area contributed by atoms with Crippen LogP contribution >= 0.6 is 0 Å². The van der Waals surface area contributed by atoms with Crippen molar-refractivity contribution in [1.29, 1.82) is 0 Å². The van der Waals surface area contributed by atoms with Crippen molar-refractivity contribution in [2.24, 2.45) is 5.73 Å². The molecule has 1 heterocycles. The van der Waals surface area contributed by atoms with E-state index in [-0.39, 0.29) is 17.5 Å². The summed E-state index contributed by atoms with van der Waals surface area (Å²) in [6.07, 6.45) is 0. The van der Waals surface area contributed by atoms with E-state index in [1.807, 2.05) is 0 Å². The molecule has 1 atom stereocenters. The fourth-order valence-electron chi connectivity index (χ4n) is 2.24. The van der Waals surface area contributed by atoms with Gasteiger partial charge in [0.25, 0.3) is 0 Å². The maximum atomic E-state index is 13.3. The summed E-state index contributed by atoms with van der Waals surface area (Å²) in [6.45, 7) is 3.33. The van der Waals surface area contributed by atoms with Crippen LogP contribution in [0.5, 0.6) is 0 Å². The lowest BCUT2D eigenvalue weighted by molar-refractivity contribution is 0.272. The van der Waals surface area contributed by atoms with Crippen molar-refractivity contribution in [3.8, 4) is 0 Å². The van der Waals surface area contributed by atoms with Crippen LogP contribution in [0.15, 0.2) is 23.1 Å². The molecule has 1 unspecified atom stereocenters. The van der Waals surface area contributed by atoms with Gasteiger partial charge in [0.2, 0.25) is 10.0 Å². The molecule has 0 bridgehead atoms. The molecule has 19 heavy (non-hydrogen) atoms. The van der Waals surface area contributed by atoms with Crippen molar-refractivity contribution in [1.82, 2.24) is 9.62 Å². The van der Waals surface area contributed by atoms with Gasteiger partial charge < -0.3 is 11.1 Å². The first-order valence-corrected chi connectivity index (χ1v) is 7.59. The Morgan fingerprint density at radius 3 is 2.95 bits per heavy atom. The van der Waals surface area contributed by atoms with Gasteiger partial charge in [0, 0.05) is 32.2 Å². The summed E-state index contributed by atoms with van der Waals surface area (Å²) in [5, 5.41) is 3.11. The van der Waals surface area contributed by atoms with Gasteiger partial charge in [-0.15, -0.1) is 0 Å². The number of sulfonamides is 1. The molecule has 0 aliphatic carbocycles. The van der Waals surface area contributed by atoms with Gasteiger partial charge >= 0.3 is 0 Å². The molecule has 1 aromatic carbocycles. The van der Waals surface area contributed by atoms with Crippen LogP contribution in [-0.2, 0) is 10.0 Å². The van der Waals surface area contributed by atoms with Crippen LogP contribution in [0.4, 0.5) is 4.39 Å². The lowest BCUT2D eigenvalue weighted by Gasteiger charge is -2.34. The molecule has 0 saturated carbocycles. The van der Waals surface area contributed by atoms with E-state index in [4.69, 9.17) is 5.73 Å². The first-order valence-electron chi connectivity index (χ1n) is 6.15. The third-order valence-electron chi connectivity index (χ3n) is 3.31. The molecule has 5 nitrogen and oxygen atoms in total. The predicted molar refractivity (Wildman–Crippen MR) is 70.7 cm³/mol. The number of rotatable bonds is 3. The van der Waals surface area contributed by atoms with E-state index in [0.29, 0.717) is 25.2 Å². The summed E-state index contributed by atoms with van der Waals surface area (Å²) in [5.41, 5.74) is 6.15. The number of piperazine rings is 1. The van der Waals surface area contributed by atoms with Gasteiger partial charge in [0.05, 0.1) is 4.90 Å². The predicted octanol–water partition coefficient (Wildman–Crippen LogP) is 0.0553. The SMILES string of the molecule is Cc1ccc(F)cc1S(=O)(=O)N1CCNCC1CN. The van der Waals surface area contributed by atoms with Crippen molar-refractivity contribution in [3.05, 3.63) is 29.6 Å². The highest BCUT2D eigenvalue weighted by molar-refractivity contribution is 7.89. The summed E-state index contributed by atoms with van der Waals surface area (Å²) in [5.74, 6) is -0.552. The Balaban J connectivity index is 2.43. The quantitative estimate of drug-likeness (QED) is 0.824. The zero-order chi connectivity index (χ0) is 14.0. The highest BCUT2D eigenvalue weighted by Crippen LogP contribution is 2.23. The molecule has 7 heteroatoms. The average molecular weight is 287 g/mol. The van der Waals surface area contributed by atoms with Crippen LogP contribution in [-0.4, -0.2) is 44.9 Å². The van der Waals surface area contributed by atoms with Crippen LogP contribution < -0.4 is 11.1 Å². The smallest absolute Gasteiger partial charge is 0.243 e. The molecule has 2 rings (SSSR count). The highest BCUT2D eigenvalue weighted by Gasteiger charge is 2.33. The van der Waals surface area contributed by atoms with E-state index in [1.165, 1.54) is 16.4 Å². The number of hydrogen-bond acceptors (Lipinski definition) is 4. The minimum atomic E-state index is -3.70. The Bertz CT molecular complexity index is 562. The van der Waals surface area contributed by atoms with Crippen molar-refractivity contribution in [2.75, 3.05) is 26.2 Å². The maximum absolute atomic E-state index is 13.3. The Hall–Kier alpha value is -1.02. The average Bonchev–Trinajstić information content (AvgIpc) is 2.41. The maximum Gasteiger partial charge on any atom is 0.243 e. The van der Waals surface area contributed by atoms with Crippen LogP contribution in [0, 0.1) is 12.7 Å². The van der Waals surface area contributed by atoms with Crippen LogP contribution in [0.25, 0.3) is 0 Å². The molecule has 1 aliphatic rings. The monoisotopic (exact) mass is 287 g/mol. The number of hydrogen-bond donors (Lipinski definition) is 2. The van der Waals surface area contributed by atoms with Gasteiger partial charge in [0.15, 0.2) is 0 Å². The Morgan fingerprint density at radius 1 is 1.53 bits per heavy atom. The Kier molecular flexibility index (Phi) is 4.19. The van der Waals surface area contributed by atoms with Gasteiger partial charge in [-0.2, -0.15) is 4.31 Å². The van der Waals surface area contributed by atoms with Crippen molar-refractivity contribution in [3.63, 3.8) is 0 Å². The molecule has 1 fully saturated rings. The van der Waals surface area contributed by atoms with Crippen LogP contribution in [0.3, 0.4) is 0 Å². The minimum absolute atomic E-state index is 0.0212. The lowest BCUT2D eigenvalue weighted by Crippen LogP contribution is -2.56. The molecular weight excluding hydrogens is 269 g/mol. The van der Waals surface area contributed by atoms with Gasteiger partial charge in [-0.3, -0.25) is 0 Å². The molecule has 1 aliphatic heterocycles. The number of aryl methyl sites for hydroxylation is 1. The molecule has 0 aromatic heterocycles. The fourth-order valence-corrected chi connectivity index (χ4v) is 4.11. The van der Waals surface area contributed by atoms with Crippen molar-refractivity contribution in [2.45, 2.75) is 17.9 Å². The summed E-state index contributed by atoms with van der Waals surface area (Å²) in [4.78, 5) is 0.0212. The van der Waals surface area contributed by atoms with Gasteiger partial charge in [0.1, 0.15) is 5.82 Å². The zero-order valence-electron chi connectivity index (χ0n) is 10.8. The second-order valence-electron chi connectivity index (χ2n) is 4.62. The molecule has 0 spiro atoms. The van der Waals surface area contributed by atoms with Crippen LogP contribution in [0.1, 0.15) is 5.56 Å². The van der Waals surface area contributed by atoms with E-state index in [1.54, 1.807) is 6.92 Å². The normalized spacial score (nSPS) is 21.5. The molecule has 1 saturated heterocycles. The topological polar surface area (TPSA) is 75.4 Å². The Morgan fingerprint density at radius 2 is 2.26 bits per heavy atom. The molecule has 1 aromatic rings. The third-order valence-corrected chi connectivity index (χ3v) is 5.40. The lowest BCUT2D eigenvalue weighted by atomic mass is 10.2. The van der Waals surface area contributed by atoms with Crippen molar-refractivity contribution < 1.29 is 12.8 Å². The summed E-state index contributed by atoms with van der Waals surface area (Å²) < 4.78 is 39.9. The number of nitrogens with two attached hydrogens (primary N) is 1. The first kappa shape index (κ1) is 14.4. The fraction of sp³-hybridized carbons (Fsp3) is 0.500. The molecule has 0 amide bonds. The van der Waals surface area contributed by atoms with E-state index >= 15 is 0 Å². The number of benzene rings is 1. The summed E-state index contributed by atoms with van der Waals surface area (Å²) in [7, 11) is -3.70. The standard InChI is InChI=1S/C12H18FN3O2S/c1-9-2-3-10(13)6-12(9)19(17,18)16-5-4-15-8-11(16)7-14/h2-3,6,11,15H,4-5,7-8,14H2,1H3. The zero-order valence-corrected chi connectivity index (χ0v) is 11.6. The van der Waals surface area contributed by atoms with Gasteiger partial charge in [-0.25, -0.2) is 12.8 Å². The second-order valence-corrected chi connectivity index (χ2v) is 6.48. The summed E-state index contributed by atoms with van der Waals surface area (Å²) >= 11 is 0. The summed E-state index contributed by atoms with van der Waals surface area (Å²) in [6, 6.07) is 3.51. The Labute approximate surface area is 112 Å². The van der Waals surface area contributed by atoms with Gasteiger partial charge in [-0.1, -0.05) is 6.07 Å².